The van der Waals surface area contributed by atoms with Crippen molar-refractivity contribution in [2.45, 2.75) is 52.0 Å². The number of hydrogen-bond donors (Lipinski definition) is 1. The van der Waals surface area contributed by atoms with Crippen molar-refractivity contribution in [1.82, 2.24) is 25.5 Å². The quantitative estimate of drug-likeness (QED) is 0.777. The Bertz CT molecular complexity index is 638. The third kappa shape index (κ3) is 4.39. The molecule has 5 atom stereocenters. The van der Waals surface area contributed by atoms with Crippen molar-refractivity contribution in [2.75, 3.05) is 20.3 Å². The number of esters is 1. The molecule has 27 heavy (non-hydrogen) atoms. The number of hydrogen-bond acceptors (Lipinski definition) is 7. The highest BCUT2D eigenvalue weighted by molar-refractivity contribution is 5.81. The zero-order valence-corrected chi connectivity index (χ0v) is 16.3. The third-order valence-electron chi connectivity index (χ3n) is 6.18. The Balaban J connectivity index is 1.66. The monoisotopic (exact) mass is 379 g/mol. The molecule has 1 unspecified atom stereocenters. The first-order valence-electron chi connectivity index (χ1n) is 9.77. The van der Waals surface area contributed by atoms with Crippen LogP contribution in [0, 0.1) is 23.7 Å². The molecular weight excluding hydrogens is 350 g/mol. The molecule has 2 aliphatic rings. The van der Waals surface area contributed by atoms with Crippen LogP contribution in [-0.4, -0.2) is 63.9 Å². The molecule has 0 radical (unpaired) electrons. The van der Waals surface area contributed by atoms with Gasteiger partial charge in [-0.25, -0.2) is 9.59 Å². The number of methoxy groups -OCH3 is 1. The van der Waals surface area contributed by atoms with E-state index < -0.39 is 12.1 Å². The second-order valence-electron chi connectivity index (χ2n) is 7.73. The highest BCUT2D eigenvalue weighted by atomic mass is 16.6. The Morgan fingerprint density at radius 2 is 2.11 bits per heavy atom. The second kappa shape index (κ2) is 8.67. The van der Waals surface area contributed by atoms with E-state index in [-0.39, 0.29) is 5.97 Å². The lowest BCUT2D eigenvalue weighted by Crippen LogP contribution is -2.55. The fourth-order valence-electron chi connectivity index (χ4n) is 4.71. The molecule has 2 fully saturated rings. The Morgan fingerprint density at radius 1 is 1.30 bits per heavy atom. The molecule has 9 nitrogen and oxygen atoms in total. The summed E-state index contributed by atoms with van der Waals surface area (Å²) in [5.41, 5.74) is 0. The maximum atomic E-state index is 12.4. The summed E-state index contributed by atoms with van der Waals surface area (Å²) in [6.07, 6.45) is 4.21. The van der Waals surface area contributed by atoms with Crippen LogP contribution in [0.5, 0.6) is 0 Å². The van der Waals surface area contributed by atoms with E-state index in [4.69, 9.17) is 9.47 Å². The minimum atomic E-state index is -0.551. The number of nitrogens with zero attached hydrogens (tertiary/aromatic N) is 4. The highest BCUT2D eigenvalue weighted by Gasteiger charge is 2.45. The van der Waals surface area contributed by atoms with Crippen LogP contribution in [-0.2, 0) is 20.7 Å². The number of likely N-dealkylation sites (tertiary alicyclic amines) is 1. The van der Waals surface area contributed by atoms with Gasteiger partial charge in [0, 0.05) is 13.0 Å². The van der Waals surface area contributed by atoms with Gasteiger partial charge in [-0.1, -0.05) is 12.1 Å². The molecule has 0 spiro atoms. The Hall–Kier alpha value is -2.19. The number of carbonyl (C=O) groups excluding carboxylic acids is 2. The van der Waals surface area contributed by atoms with Crippen molar-refractivity contribution >= 4 is 12.1 Å². The molecule has 0 bridgehead atoms. The molecule has 3 rings (SSSR count). The largest absolute Gasteiger partial charge is 0.464 e. The standard InChI is InChI=1S/C18H29N5O4/c1-4-27-17(24)15-9-14-8-12(11(2)7-16-19-21-22-20-16)5-6-13(14)10-23(15)18(25)26-3/h11-15H,4-10H2,1-3H3,(H,19,20,21,22)/t11?,12-,13-,14+,15-/m0/s1. The van der Waals surface area contributed by atoms with Gasteiger partial charge in [0.1, 0.15) is 6.04 Å². The number of H-pyrrole nitrogens is 1. The molecule has 2 heterocycles. The van der Waals surface area contributed by atoms with Crippen molar-refractivity contribution in [2.24, 2.45) is 23.7 Å². The first kappa shape index (κ1) is 19.6. The summed E-state index contributed by atoms with van der Waals surface area (Å²) in [5.74, 6) is 2.23. The smallest absolute Gasteiger partial charge is 0.410 e. The SMILES string of the molecule is CCOC(=O)[C@@H]1C[C@H]2C[C@@H](C(C)Cc3nn[nH]n3)CC[C@H]2CN1C(=O)OC. The fraction of sp³-hybridized carbons (Fsp3) is 0.833. The molecule has 1 amide bonds. The van der Waals surface area contributed by atoms with Gasteiger partial charge in [0.15, 0.2) is 5.82 Å². The number of ether oxygens (including phenoxy) is 2. The number of carbonyl (C=O) groups is 2. The van der Waals surface area contributed by atoms with Crippen LogP contribution in [0.1, 0.15) is 45.4 Å². The van der Waals surface area contributed by atoms with Gasteiger partial charge >= 0.3 is 12.1 Å². The second-order valence-corrected chi connectivity index (χ2v) is 7.73. The topological polar surface area (TPSA) is 110 Å². The maximum absolute atomic E-state index is 12.4. The van der Waals surface area contributed by atoms with Gasteiger partial charge in [0.2, 0.25) is 0 Å². The number of fused-ring (bicyclic) bond motifs is 1. The zero-order chi connectivity index (χ0) is 19.4. The van der Waals surface area contributed by atoms with Crippen LogP contribution in [0.25, 0.3) is 0 Å². The van der Waals surface area contributed by atoms with Crippen LogP contribution in [0.4, 0.5) is 4.79 Å². The summed E-state index contributed by atoms with van der Waals surface area (Å²) in [6.45, 7) is 4.88. The van der Waals surface area contributed by atoms with Crippen LogP contribution in [0.3, 0.4) is 0 Å². The summed E-state index contributed by atoms with van der Waals surface area (Å²) in [4.78, 5) is 26.2. The number of tetrazole rings is 1. The molecule has 1 saturated carbocycles. The van der Waals surface area contributed by atoms with E-state index in [0.717, 1.165) is 31.5 Å². The van der Waals surface area contributed by atoms with Gasteiger partial charge in [0.25, 0.3) is 0 Å². The summed E-state index contributed by atoms with van der Waals surface area (Å²) in [6, 6.07) is -0.551. The molecule has 9 heteroatoms. The van der Waals surface area contributed by atoms with Gasteiger partial charge in [-0.3, -0.25) is 4.90 Å². The highest BCUT2D eigenvalue weighted by Crippen LogP contribution is 2.44. The molecule has 0 aromatic carbocycles. The fourth-order valence-corrected chi connectivity index (χ4v) is 4.71. The number of piperidine rings is 1. The van der Waals surface area contributed by atoms with Crippen LogP contribution in [0.2, 0.25) is 0 Å². The first-order chi connectivity index (χ1) is 13.0. The Morgan fingerprint density at radius 3 is 2.78 bits per heavy atom. The van der Waals surface area contributed by atoms with Crippen LogP contribution < -0.4 is 0 Å². The third-order valence-corrected chi connectivity index (χ3v) is 6.18. The molecular formula is C18H29N5O4. The van der Waals surface area contributed by atoms with Gasteiger partial charge in [-0.05, 0) is 56.3 Å². The number of aromatic amines is 1. The Labute approximate surface area is 159 Å². The van der Waals surface area contributed by atoms with Crippen molar-refractivity contribution in [1.29, 1.82) is 0 Å². The molecule has 1 aromatic heterocycles. The Kier molecular flexibility index (Phi) is 6.28. The van der Waals surface area contributed by atoms with Crippen LogP contribution >= 0.6 is 0 Å². The van der Waals surface area contributed by atoms with Gasteiger partial charge < -0.3 is 9.47 Å². The number of aromatic nitrogens is 4. The van der Waals surface area contributed by atoms with E-state index in [2.05, 4.69) is 27.5 Å². The van der Waals surface area contributed by atoms with Gasteiger partial charge in [-0.2, -0.15) is 5.21 Å². The van der Waals surface area contributed by atoms with Gasteiger partial charge in [0.05, 0.1) is 13.7 Å². The van der Waals surface area contributed by atoms with E-state index in [1.54, 1.807) is 11.8 Å². The molecule has 1 aliphatic carbocycles. The lowest BCUT2D eigenvalue weighted by molar-refractivity contribution is -0.152. The van der Waals surface area contributed by atoms with Gasteiger partial charge in [-0.15, -0.1) is 10.2 Å². The summed E-state index contributed by atoms with van der Waals surface area (Å²) in [7, 11) is 1.35. The first-order valence-corrected chi connectivity index (χ1v) is 9.77. The lowest BCUT2D eigenvalue weighted by atomic mass is 9.66. The van der Waals surface area contributed by atoms with Crippen LogP contribution in [0.15, 0.2) is 0 Å². The lowest BCUT2D eigenvalue weighted by Gasteiger charge is -2.47. The normalized spacial score (nSPS) is 28.9. The minimum Gasteiger partial charge on any atom is -0.464 e. The average molecular weight is 379 g/mol. The van der Waals surface area contributed by atoms with Crippen molar-refractivity contribution < 1.29 is 19.1 Å². The molecule has 150 valence electrons. The molecule has 1 aromatic rings. The number of amides is 1. The maximum Gasteiger partial charge on any atom is 0.410 e. The molecule has 1 aliphatic heterocycles. The van der Waals surface area contributed by atoms with E-state index >= 15 is 0 Å². The van der Waals surface area contributed by atoms with E-state index in [1.807, 2.05) is 0 Å². The molecule has 1 saturated heterocycles. The van der Waals surface area contributed by atoms with E-state index in [9.17, 15) is 9.59 Å². The van der Waals surface area contributed by atoms with Crippen molar-refractivity contribution in [3.63, 3.8) is 0 Å². The summed E-state index contributed by atoms with van der Waals surface area (Å²) < 4.78 is 10.1. The van der Waals surface area contributed by atoms with Crippen molar-refractivity contribution in [3.05, 3.63) is 5.82 Å². The predicted molar refractivity (Wildman–Crippen MR) is 95.5 cm³/mol. The predicted octanol–water partition coefficient (Wildman–Crippen LogP) is 1.81. The van der Waals surface area contributed by atoms with E-state index in [0.29, 0.717) is 43.2 Å². The zero-order valence-electron chi connectivity index (χ0n) is 16.3. The number of rotatable bonds is 5. The van der Waals surface area contributed by atoms with Crippen molar-refractivity contribution in [3.8, 4) is 0 Å². The number of nitrogens with one attached hydrogen (secondary N) is 1. The summed E-state index contributed by atoms with van der Waals surface area (Å²) in [5, 5.41) is 14.3. The molecule has 1 N–H and O–H groups in total. The average Bonchev–Trinajstić information content (AvgIpc) is 3.19. The summed E-state index contributed by atoms with van der Waals surface area (Å²) >= 11 is 0. The minimum absolute atomic E-state index is 0.308. The van der Waals surface area contributed by atoms with E-state index in [1.165, 1.54) is 7.11 Å².